The Bertz CT molecular complexity index is 1420. The molecule has 2 aromatic carbocycles. The number of hydrogen-bond acceptors (Lipinski definition) is 8. The molecule has 0 radical (unpaired) electrons. The molecule has 4 rings (SSSR count). The summed E-state index contributed by atoms with van der Waals surface area (Å²) in [4.78, 5) is 27.1. The van der Waals surface area contributed by atoms with Crippen LogP contribution in [0.2, 0.25) is 0 Å². The Morgan fingerprint density at radius 2 is 1.95 bits per heavy atom. The summed E-state index contributed by atoms with van der Waals surface area (Å²) in [6, 6.07) is 13.3. The van der Waals surface area contributed by atoms with Gasteiger partial charge in [-0.25, -0.2) is 9.78 Å². The van der Waals surface area contributed by atoms with Crippen LogP contribution in [0.4, 0.5) is 13.2 Å². The fourth-order valence-corrected chi connectivity index (χ4v) is 4.77. The smallest absolute Gasteiger partial charge is 0.490 e. The van der Waals surface area contributed by atoms with Crippen molar-refractivity contribution < 1.29 is 37.7 Å². The lowest BCUT2D eigenvalue weighted by Gasteiger charge is -2.38. The molecular weight excluding hydrogens is 549 g/mol. The number of carbonyl (C=O) groups is 2. The average molecular weight is 577 g/mol. The Kier molecular flexibility index (Phi) is 9.83. The lowest BCUT2D eigenvalue weighted by atomic mass is 9.95. The van der Waals surface area contributed by atoms with Gasteiger partial charge in [-0.3, -0.25) is 9.69 Å². The molecule has 212 valence electrons. The van der Waals surface area contributed by atoms with Gasteiger partial charge >= 0.3 is 18.1 Å². The number of carboxylic acid groups (broad SMARTS) is 2. The van der Waals surface area contributed by atoms with Gasteiger partial charge in [0.25, 0.3) is 0 Å². The van der Waals surface area contributed by atoms with Crippen molar-refractivity contribution in [1.82, 2.24) is 14.3 Å². The van der Waals surface area contributed by atoms with E-state index in [4.69, 9.17) is 19.6 Å². The molecule has 0 amide bonds. The molecule has 1 aromatic heterocycles. The molecule has 0 bridgehead atoms. The summed E-state index contributed by atoms with van der Waals surface area (Å²) < 4.78 is 42.1. The van der Waals surface area contributed by atoms with Crippen molar-refractivity contribution in [2.75, 3.05) is 6.54 Å². The Morgan fingerprint density at radius 1 is 1.25 bits per heavy atom. The molecule has 2 N–H and O–H groups in total. The molecule has 1 atom stereocenters. The Labute approximate surface area is 232 Å². The molecule has 0 aliphatic carbocycles. The van der Waals surface area contributed by atoms with Gasteiger partial charge in [0.1, 0.15) is 22.9 Å². The van der Waals surface area contributed by atoms with Crippen LogP contribution in [0, 0.1) is 11.3 Å². The number of nitriles is 1. The SMILES string of the molecule is CCc1c(CN2CCC2C(=O)O)cccc1-c1nsc(-c2ccc(OC(C)C)c(C#N)c2)n1.O=C(O)C(F)(F)F. The number of hydrogen-bond donors (Lipinski definition) is 2. The van der Waals surface area contributed by atoms with E-state index in [-0.39, 0.29) is 6.10 Å². The second-order valence-corrected chi connectivity index (χ2v) is 9.88. The largest absolute Gasteiger partial charge is 0.490 e. The highest BCUT2D eigenvalue weighted by Crippen LogP contribution is 2.33. The first-order chi connectivity index (χ1) is 18.8. The molecule has 0 spiro atoms. The van der Waals surface area contributed by atoms with Gasteiger partial charge in [-0.1, -0.05) is 25.1 Å². The number of likely N-dealkylation sites (tertiary alicyclic amines) is 1. The molecule has 13 heteroatoms. The Balaban J connectivity index is 0.000000559. The number of halogens is 3. The molecule has 0 saturated carbocycles. The summed E-state index contributed by atoms with van der Waals surface area (Å²) in [7, 11) is 0. The van der Waals surface area contributed by atoms with E-state index in [0.29, 0.717) is 30.1 Å². The summed E-state index contributed by atoms with van der Waals surface area (Å²) in [5.74, 6) is -2.31. The van der Waals surface area contributed by atoms with Crippen molar-refractivity contribution in [2.24, 2.45) is 0 Å². The number of benzene rings is 2. The van der Waals surface area contributed by atoms with Crippen LogP contribution in [-0.2, 0) is 22.6 Å². The Morgan fingerprint density at radius 3 is 2.48 bits per heavy atom. The highest BCUT2D eigenvalue weighted by molar-refractivity contribution is 7.09. The van der Waals surface area contributed by atoms with Crippen LogP contribution in [0.25, 0.3) is 22.0 Å². The van der Waals surface area contributed by atoms with Crippen molar-refractivity contribution >= 4 is 23.5 Å². The van der Waals surface area contributed by atoms with Crippen LogP contribution in [0.15, 0.2) is 36.4 Å². The van der Waals surface area contributed by atoms with E-state index >= 15 is 0 Å². The van der Waals surface area contributed by atoms with E-state index in [9.17, 15) is 28.3 Å². The normalized spacial score (nSPS) is 15.0. The maximum atomic E-state index is 11.4. The minimum atomic E-state index is -5.08. The number of rotatable bonds is 8. The zero-order chi connectivity index (χ0) is 29.6. The van der Waals surface area contributed by atoms with Gasteiger partial charge < -0.3 is 14.9 Å². The molecule has 3 aromatic rings. The van der Waals surface area contributed by atoms with Crippen LogP contribution in [-0.4, -0.2) is 61.3 Å². The number of aromatic nitrogens is 2. The predicted molar refractivity (Wildman–Crippen MR) is 141 cm³/mol. The van der Waals surface area contributed by atoms with Gasteiger partial charge in [-0.15, -0.1) is 0 Å². The first-order valence-electron chi connectivity index (χ1n) is 12.3. The third kappa shape index (κ3) is 7.34. The zero-order valence-electron chi connectivity index (χ0n) is 21.9. The molecule has 1 fully saturated rings. The fourth-order valence-electron chi connectivity index (χ4n) is 4.10. The third-order valence-electron chi connectivity index (χ3n) is 6.03. The topological polar surface area (TPSA) is 137 Å². The zero-order valence-corrected chi connectivity index (χ0v) is 22.7. The first kappa shape index (κ1) is 30.5. The van der Waals surface area contributed by atoms with E-state index in [2.05, 4.69) is 23.4 Å². The summed E-state index contributed by atoms with van der Waals surface area (Å²) in [5, 5.41) is 26.8. The maximum Gasteiger partial charge on any atom is 0.490 e. The quantitative estimate of drug-likeness (QED) is 0.362. The summed E-state index contributed by atoms with van der Waals surface area (Å²) >= 11 is 1.30. The maximum absolute atomic E-state index is 11.4. The molecule has 40 heavy (non-hydrogen) atoms. The monoisotopic (exact) mass is 576 g/mol. The number of aliphatic carboxylic acids is 2. The van der Waals surface area contributed by atoms with Gasteiger partial charge in [-0.2, -0.15) is 22.8 Å². The lowest BCUT2D eigenvalue weighted by Crippen LogP contribution is -2.51. The van der Waals surface area contributed by atoms with Crippen LogP contribution >= 0.6 is 11.5 Å². The van der Waals surface area contributed by atoms with Crippen LogP contribution < -0.4 is 4.74 Å². The van der Waals surface area contributed by atoms with Gasteiger partial charge in [-0.05, 0) is 67.5 Å². The van der Waals surface area contributed by atoms with E-state index in [0.717, 1.165) is 40.2 Å². The highest BCUT2D eigenvalue weighted by atomic mass is 32.1. The van der Waals surface area contributed by atoms with Crippen LogP contribution in [0.1, 0.15) is 43.9 Å². The molecule has 1 aliphatic heterocycles. The van der Waals surface area contributed by atoms with Crippen LogP contribution in [0.5, 0.6) is 5.75 Å². The average Bonchev–Trinajstić information content (AvgIpc) is 3.36. The summed E-state index contributed by atoms with van der Waals surface area (Å²) in [6.07, 6.45) is -3.61. The second kappa shape index (κ2) is 12.9. The van der Waals surface area contributed by atoms with Crippen molar-refractivity contribution in [1.29, 1.82) is 5.26 Å². The fraction of sp³-hybridized carbons (Fsp3) is 0.370. The van der Waals surface area contributed by atoms with E-state index < -0.39 is 24.2 Å². The van der Waals surface area contributed by atoms with Crippen molar-refractivity contribution in [3.63, 3.8) is 0 Å². The number of carboxylic acids is 2. The lowest BCUT2D eigenvalue weighted by molar-refractivity contribution is -0.192. The molecule has 9 nitrogen and oxygen atoms in total. The molecule has 2 heterocycles. The van der Waals surface area contributed by atoms with Crippen molar-refractivity contribution in [3.05, 3.63) is 53.1 Å². The second-order valence-electron chi connectivity index (χ2n) is 9.13. The third-order valence-corrected chi connectivity index (χ3v) is 6.80. The van der Waals surface area contributed by atoms with Crippen molar-refractivity contribution in [3.8, 4) is 33.8 Å². The molecule has 1 aliphatic rings. The van der Waals surface area contributed by atoms with Gasteiger partial charge in [0, 0.05) is 24.2 Å². The van der Waals surface area contributed by atoms with E-state index in [1.807, 2.05) is 36.9 Å². The minimum absolute atomic E-state index is 0.0159. The number of ether oxygens (including phenoxy) is 1. The number of alkyl halides is 3. The van der Waals surface area contributed by atoms with E-state index in [1.54, 1.807) is 12.1 Å². The van der Waals surface area contributed by atoms with Gasteiger partial charge in [0.15, 0.2) is 5.82 Å². The molecular formula is C27H27F3N4O5S. The van der Waals surface area contributed by atoms with Crippen molar-refractivity contribution in [2.45, 2.75) is 58.5 Å². The standard InChI is InChI=1S/C25H26N4O3S.C2HF3O2/c1-4-19-17(14-29-11-10-21(29)25(30)31)6-5-7-20(19)23-27-24(33-28-23)16-8-9-22(32-15(2)3)18(12-16)13-26;3-2(4,5)1(6)7/h5-9,12,15,21H,4,10-11,14H2,1-3H3,(H,30,31);(H,6,7). The van der Waals surface area contributed by atoms with E-state index in [1.165, 1.54) is 11.5 Å². The first-order valence-corrected chi connectivity index (χ1v) is 13.1. The molecule has 1 saturated heterocycles. The summed E-state index contributed by atoms with van der Waals surface area (Å²) in [6.45, 7) is 7.34. The minimum Gasteiger partial charge on any atom is -0.490 e. The predicted octanol–water partition coefficient (Wildman–Crippen LogP) is 5.39. The summed E-state index contributed by atoms with van der Waals surface area (Å²) in [5.41, 5.74) is 4.50. The number of nitrogens with zero attached hydrogens (tertiary/aromatic N) is 4. The van der Waals surface area contributed by atoms with Gasteiger partial charge in [0.05, 0.1) is 11.7 Å². The van der Waals surface area contributed by atoms with Gasteiger partial charge in [0.2, 0.25) is 0 Å². The van der Waals surface area contributed by atoms with Crippen LogP contribution in [0.3, 0.4) is 0 Å². The Hall–Kier alpha value is -4.02. The molecule has 1 unspecified atom stereocenters. The highest BCUT2D eigenvalue weighted by Gasteiger charge is 2.38.